The van der Waals surface area contributed by atoms with E-state index in [2.05, 4.69) is 25.9 Å². The number of aromatic nitrogens is 2. The lowest BCUT2D eigenvalue weighted by Gasteiger charge is -2.11. The van der Waals surface area contributed by atoms with E-state index in [0.29, 0.717) is 16.4 Å². The van der Waals surface area contributed by atoms with Crippen molar-refractivity contribution in [3.05, 3.63) is 94.4 Å². The van der Waals surface area contributed by atoms with Gasteiger partial charge in [-0.2, -0.15) is 23.1 Å². The number of hydrogen-bond donors (Lipinski definition) is 1. The number of sulfonamides is 1. The molecule has 0 aliphatic carbocycles. The molecule has 4 aromatic rings. The summed E-state index contributed by atoms with van der Waals surface area (Å²) < 4.78 is 26.6. The Morgan fingerprint density at radius 3 is 2.28 bits per heavy atom. The maximum absolute atomic E-state index is 12.8. The molecule has 1 heterocycles. The minimum atomic E-state index is -3.81. The lowest BCUT2D eigenvalue weighted by Crippen LogP contribution is -2.25. The number of nitrogens with one attached hydrogen (secondary N) is 1. The molecule has 0 bridgehead atoms. The van der Waals surface area contributed by atoms with Crippen molar-refractivity contribution in [1.29, 1.82) is 0 Å². The van der Waals surface area contributed by atoms with E-state index in [-0.39, 0.29) is 4.90 Å². The predicted octanol–water partition coefficient (Wildman–Crippen LogP) is 5.57. The third-order valence-electron chi connectivity index (χ3n) is 4.23. The second-order valence-electron chi connectivity index (χ2n) is 6.25. The van der Waals surface area contributed by atoms with Crippen LogP contribution in [0.15, 0.2) is 94.3 Å². The molecular formula is C21H15BrClN3O2S. The van der Waals surface area contributed by atoms with Gasteiger partial charge in [0.1, 0.15) is 0 Å². The van der Waals surface area contributed by atoms with Gasteiger partial charge < -0.3 is 0 Å². The van der Waals surface area contributed by atoms with Gasteiger partial charge in [0.15, 0.2) is 0 Å². The number of hydrogen-bond acceptors (Lipinski definition) is 3. The maximum Gasteiger partial charge on any atom is 0.276 e. The molecule has 4 rings (SSSR count). The van der Waals surface area contributed by atoms with E-state index >= 15 is 0 Å². The molecular weight excluding hydrogens is 474 g/mol. The summed E-state index contributed by atoms with van der Waals surface area (Å²) >= 11 is 9.44. The topological polar surface area (TPSA) is 64.0 Å². The van der Waals surface area contributed by atoms with Crippen LogP contribution in [0.2, 0.25) is 5.02 Å². The average molecular weight is 489 g/mol. The van der Waals surface area contributed by atoms with Crippen molar-refractivity contribution in [2.45, 2.75) is 4.90 Å². The van der Waals surface area contributed by atoms with Crippen LogP contribution in [0.1, 0.15) is 0 Å². The third kappa shape index (κ3) is 4.37. The minimum absolute atomic E-state index is 0.156. The smallest absolute Gasteiger partial charge is 0.200 e. The first-order chi connectivity index (χ1) is 13.9. The van der Waals surface area contributed by atoms with Gasteiger partial charge in [-0.3, -0.25) is 0 Å². The Labute approximate surface area is 182 Å². The van der Waals surface area contributed by atoms with E-state index in [0.717, 1.165) is 15.6 Å². The second-order valence-corrected chi connectivity index (χ2v) is 9.26. The summed E-state index contributed by atoms with van der Waals surface area (Å²) in [7, 11) is -3.81. The largest absolute Gasteiger partial charge is 0.276 e. The van der Waals surface area contributed by atoms with Crippen LogP contribution in [0, 0.1) is 0 Å². The van der Waals surface area contributed by atoms with Crippen LogP contribution in [-0.4, -0.2) is 18.3 Å². The van der Waals surface area contributed by atoms with Crippen LogP contribution in [0.3, 0.4) is 0 Å². The van der Waals surface area contributed by atoms with E-state index in [9.17, 15) is 8.42 Å². The van der Waals surface area contributed by atoms with Crippen LogP contribution in [0.25, 0.3) is 22.5 Å². The van der Waals surface area contributed by atoms with Gasteiger partial charge in [0.25, 0.3) is 10.0 Å². The Morgan fingerprint density at radius 2 is 1.59 bits per heavy atom. The van der Waals surface area contributed by atoms with E-state index in [1.807, 2.05) is 42.5 Å². The van der Waals surface area contributed by atoms with E-state index in [1.165, 1.54) is 16.9 Å². The highest BCUT2D eigenvalue weighted by molar-refractivity contribution is 9.10. The zero-order valence-corrected chi connectivity index (χ0v) is 18.1. The van der Waals surface area contributed by atoms with Gasteiger partial charge in [0, 0.05) is 20.6 Å². The molecule has 5 nitrogen and oxygen atoms in total. The molecule has 0 spiro atoms. The SMILES string of the molecule is O=S(=O)(Nn1nc(-c2ccc(Cl)cc2)cc1-c1cccc(Br)c1)c1ccccc1. The second kappa shape index (κ2) is 8.02. The van der Waals surface area contributed by atoms with Gasteiger partial charge in [-0.1, -0.05) is 70.0 Å². The quantitative estimate of drug-likeness (QED) is 0.400. The Morgan fingerprint density at radius 1 is 0.862 bits per heavy atom. The maximum atomic E-state index is 12.8. The summed E-state index contributed by atoms with van der Waals surface area (Å²) in [6, 6.07) is 24.8. The van der Waals surface area contributed by atoms with Gasteiger partial charge in [0.05, 0.1) is 16.3 Å². The van der Waals surface area contributed by atoms with E-state index < -0.39 is 10.0 Å². The van der Waals surface area contributed by atoms with Crippen molar-refractivity contribution >= 4 is 37.6 Å². The molecule has 0 amide bonds. The number of benzene rings is 3. The summed E-state index contributed by atoms with van der Waals surface area (Å²) in [5, 5.41) is 5.11. The van der Waals surface area contributed by atoms with Crippen LogP contribution in [0.5, 0.6) is 0 Å². The van der Waals surface area contributed by atoms with Gasteiger partial charge in [-0.15, -0.1) is 0 Å². The van der Waals surface area contributed by atoms with Gasteiger partial charge >= 0.3 is 0 Å². The molecule has 0 fully saturated rings. The summed E-state index contributed by atoms with van der Waals surface area (Å²) in [5.74, 6) is 0. The fraction of sp³-hybridized carbons (Fsp3) is 0. The van der Waals surface area contributed by atoms with Crippen molar-refractivity contribution in [1.82, 2.24) is 9.89 Å². The van der Waals surface area contributed by atoms with Crippen LogP contribution in [-0.2, 0) is 10.0 Å². The highest BCUT2D eigenvalue weighted by atomic mass is 79.9. The van der Waals surface area contributed by atoms with Crippen LogP contribution < -0.4 is 4.83 Å². The fourth-order valence-electron chi connectivity index (χ4n) is 2.83. The summed E-state index contributed by atoms with van der Waals surface area (Å²) in [6.07, 6.45) is 0. The molecule has 0 radical (unpaired) electrons. The van der Waals surface area contributed by atoms with Crippen molar-refractivity contribution in [3.8, 4) is 22.5 Å². The molecule has 1 N–H and O–H groups in total. The first kappa shape index (κ1) is 19.7. The minimum Gasteiger partial charge on any atom is -0.200 e. The van der Waals surface area contributed by atoms with E-state index in [4.69, 9.17) is 11.6 Å². The molecule has 0 aliphatic rings. The van der Waals surface area contributed by atoms with Crippen molar-refractivity contribution in [2.75, 3.05) is 4.83 Å². The third-order valence-corrected chi connectivity index (χ3v) is 6.28. The highest BCUT2D eigenvalue weighted by Gasteiger charge is 2.19. The lowest BCUT2D eigenvalue weighted by molar-refractivity contribution is 0.592. The molecule has 0 aliphatic heterocycles. The monoisotopic (exact) mass is 487 g/mol. The summed E-state index contributed by atoms with van der Waals surface area (Å²) in [5.41, 5.74) is 2.86. The molecule has 0 saturated carbocycles. The first-order valence-corrected chi connectivity index (χ1v) is 11.3. The van der Waals surface area contributed by atoms with Gasteiger partial charge in [0.2, 0.25) is 0 Å². The van der Waals surface area contributed by atoms with Crippen molar-refractivity contribution in [2.24, 2.45) is 0 Å². The number of rotatable bonds is 5. The fourth-order valence-corrected chi connectivity index (χ4v) is 4.34. The van der Waals surface area contributed by atoms with Crippen LogP contribution in [0.4, 0.5) is 0 Å². The zero-order chi connectivity index (χ0) is 20.4. The van der Waals surface area contributed by atoms with Gasteiger partial charge in [-0.05, 0) is 42.5 Å². The molecule has 0 atom stereocenters. The summed E-state index contributed by atoms with van der Waals surface area (Å²) in [6.45, 7) is 0. The molecule has 1 aromatic heterocycles. The van der Waals surface area contributed by atoms with Crippen molar-refractivity contribution in [3.63, 3.8) is 0 Å². The summed E-state index contributed by atoms with van der Waals surface area (Å²) in [4.78, 5) is 4.00. The Bertz CT molecular complexity index is 1260. The Kier molecular flexibility index (Phi) is 5.45. The normalized spacial score (nSPS) is 11.4. The molecule has 3 aromatic carbocycles. The molecule has 8 heteroatoms. The highest BCUT2D eigenvalue weighted by Crippen LogP contribution is 2.28. The Hall–Kier alpha value is -2.61. The first-order valence-electron chi connectivity index (χ1n) is 8.62. The predicted molar refractivity (Wildman–Crippen MR) is 119 cm³/mol. The number of nitrogens with zero attached hydrogens (tertiary/aromatic N) is 2. The van der Waals surface area contributed by atoms with Crippen molar-refractivity contribution < 1.29 is 8.42 Å². The van der Waals surface area contributed by atoms with Gasteiger partial charge in [-0.25, -0.2) is 0 Å². The lowest BCUT2D eigenvalue weighted by atomic mass is 10.1. The molecule has 0 saturated heterocycles. The molecule has 146 valence electrons. The zero-order valence-electron chi connectivity index (χ0n) is 15.0. The Balaban J connectivity index is 1.82. The van der Waals surface area contributed by atoms with Crippen LogP contribution >= 0.6 is 27.5 Å². The molecule has 0 unspecified atom stereocenters. The molecule has 29 heavy (non-hydrogen) atoms. The number of halogens is 2. The average Bonchev–Trinajstić information content (AvgIpc) is 3.12. The van der Waals surface area contributed by atoms with E-state index in [1.54, 1.807) is 30.3 Å². The standard InChI is InChI=1S/C21H15BrClN3O2S/c22-17-6-4-5-16(13-17)21-14-20(15-9-11-18(23)12-10-15)24-26(21)25-29(27,28)19-7-2-1-3-8-19/h1-14,25H.